The van der Waals surface area contributed by atoms with Crippen molar-refractivity contribution >= 4 is 34.7 Å². The van der Waals surface area contributed by atoms with Crippen molar-refractivity contribution in [2.24, 2.45) is 0 Å². The number of hydrogen-bond donors (Lipinski definition) is 1. The molecule has 3 aromatic heterocycles. The summed E-state index contributed by atoms with van der Waals surface area (Å²) in [5.41, 5.74) is 9.89. The van der Waals surface area contributed by atoms with Crippen molar-refractivity contribution < 1.29 is 0 Å². The predicted octanol–water partition coefficient (Wildman–Crippen LogP) is 7.81. The van der Waals surface area contributed by atoms with Crippen LogP contribution in [0.2, 0.25) is 0 Å². The van der Waals surface area contributed by atoms with Gasteiger partial charge in [0.2, 0.25) is 5.82 Å². The number of aromatic nitrogens is 7. The van der Waals surface area contributed by atoms with Gasteiger partial charge in [0, 0.05) is 29.1 Å². The minimum atomic E-state index is 0.339. The van der Waals surface area contributed by atoms with Crippen LogP contribution in [0.15, 0.2) is 84.9 Å². The summed E-state index contributed by atoms with van der Waals surface area (Å²) < 4.78 is 2.68. The van der Waals surface area contributed by atoms with E-state index in [-0.39, 0.29) is 0 Å². The van der Waals surface area contributed by atoms with E-state index in [1.165, 1.54) is 16.7 Å². The number of aromatic amines is 1. The highest BCUT2D eigenvalue weighted by Crippen LogP contribution is 2.48. The van der Waals surface area contributed by atoms with Gasteiger partial charge in [0.15, 0.2) is 5.65 Å². The molecular formula is C33H31N7S2. The van der Waals surface area contributed by atoms with Crippen LogP contribution in [0, 0.1) is 0 Å². The smallest absolute Gasteiger partial charge is 0.205 e. The van der Waals surface area contributed by atoms with Gasteiger partial charge in [-0.3, -0.25) is 0 Å². The van der Waals surface area contributed by atoms with Gasteiger partial charge >= 0.3 is 0 Å². The van der Waals surface area contributed by atoms with Crippen LogP contribution in [-0.4, -0.2) is 46.7 Å². The maximum Gasteiger partial charge on any atom is 0.205 e. The lowest BCUT2D eigenvalue weighted by molar-refractivity contribution is 0.686. The normalized spacial score (nSPS) is 13.7. The molecule has 1 aliphatic rings. The Kier molecular flexibility index (Phi) is 7.76. The molecule has 0 unspecified atom stereocenters. The zero-order chi connectivity index (χ0) is 28.3. The van der Waals surface area contributed by atoms with E-state index in [1.807, 2.05) is 41.7 Å². The Balaban J connectivity index is 1.28. The second kappa shape index (κ2) is 12.1. The fraction of sp³-hybridized carbons (Fsp3) is 0.242. The third-order valence-corrected chi connectivity index (χ3v) is 10.6. The van der Waals surface area contributed by atoms with Gasteiger partial charge in [0.1, 0.15) is 11.3 Å². The number of nitrogens with zero attached hydrogens (tertiary/aromatic N) is 6. The number of fused-ring (bicyclic) bond motifs is 1. The van der Waals surface area contributed by atoms with Crippen LogP contribution in [0.3, 0.4) is 0 Å². The lowest BCUT2D eigenvalue weighted by atomic mass is 9.98. The quantitative estimate of drug-likeness (QED) is 0.184. The summed E-state index contributed by atoms with van der Waals surface area (Å²) >= 11 is 4.00. The minimum absolute atomic E-state index is 0.339. The average Bonchev–Trinajstić information content (AvgIpc) is 3.83. The largest absolute Gasteiger partial charge is 0.308 e. The first-order chi connectivity index (χ1) is 20.8. The molecule has 1 N–H and O–H groups in total. The van der Waals surface area contributed by atoms with Crippen molar-refractivity contribution in [3.63, 3.8) is 0 Å². The molecule has 0 bridgehead atoms. The molecule has 7 rings (SSSR count). The molecule has 210 valence electrons. The number of imidazole rings is 1. The topological polar surface area (TPSA) is 85.2 Å². The Morgan fingerprint density at radius 3 is 2.31 bits per heavy atom. The average molecular weight is 590 g/mol. The number of unbranched alkanes of at least 4 members (excludes halogenated alkanes) is 1. The predicted molar refractivity (Wildman–Crippen MR) is 173 cm³/mol. The Bertz CT molecular complexity index is 1790. The van der Waals surface area contributed by atoms with E-state index in [0.29, 0.717) is 10.4 Å². The van der Waals surface area contributed by atoms with Crippen molar-refractivity contribution in [1.29, 1.82) is 0 Å². The van der Waals surface area contributed by atoms with Gasteiger partial charge in [-0.15, -0.1) is 33.7 Å². The molecule has 0 spiro atoms. The van der Waals surface area contributed by atoms with E-state index in [9.17, 15) is 0 Å². The Labute approximate surface area is 253 Å². The summed E-state index contributed by atoms with van der Waals surface area (Å²) in [5.74, 6) is 4.02. The first kappa shape index (κ1) is 26.9. The monoisotopic (exact) mass is 589 g/mol. The molecule has 0 amide bonds. The molecule has 0 radical (unpaired) electrons. The highest BCUT2D eigenvalue weighted by atomic mass is 32.2. The number of rotatable bonds is 9. The van der Waals surface area contributed by atoms with Gasteiger partial charge in [0.05, 0.1) is 16.8 Å². The van der Waals surface area contributed by atoms with Gasteiger partial charge in [-0.1, -0.05) is 92.2 Å². The summed E-state index contributed by atoms with van der Waals surface area (Å²) in [6, 6.07) is 29.9. The van der Waals surface area contributed by atoms with E-state index in [1.54, 1.807) is 0 Å². The number of hydrogen-bond acceptors (Lipinski definition) is 7. The summed E-state index contributed by atoms with van der Waals surface area (Å²) in [6.45, 7) is 2.96. The van der Waals surface area contributed by atoms with Crippen molar-refractivity contribution in [3.8, 4) is 33.6 Å². The third-order valence-electron chi connectivity index (χ3n) is 7.63. The van der Waals surface area contributed by atoms with Gasteiger partial charge in [-0.2, -0.15) is 5.21 Å². The fourth-order valence-corrected chi connectivity index (χ4v) is 8.36. The zero-order valence-electron chi connectivity index (χ0n) is 23.4. The minimum Gasteiger partial charge on any atom is -0.308 e. The molecule has 4 heterocycles. The van der Waals surface area contributed by atoms with Crippen molar-refractivity contribution in [2.45, 2.75) is 37.3 Å². The van der Waals surface area contributed by atoms with Gasteiger partial charge in [-0.05, 0) is 40.0 Å². The summed E-state index contributed by atoms with van der Waals surface area (Å²) in [5, 5.41) is 14.7. The summed E-state index contributed by atoms with van der Waals surface area (Å²) in [4.78, 5) is 10.6. The highest BCUT2D eigenvalue weighted by molar-refractivity contribution is 8.19. The van der Waals surface area contributed by atoms with E-state index >= 15 is 0 Å². The Morgan fingerprint density at radius 2 is 1.57 bits per heavy atom. The van der Waals surface area contributed by atoms with Gasteiger partial charge in [0.25, 0.3) is 0 Å². The Morgan fingerprint density at radius 1 is 0.833 bits per heavy atom. The van der Waals surface area contributed by atoms with Crippen LogP contribution in [-0.2, 0) is 13.0 Å². The molecular weight excluding hydrogens is 559 g/mol. The number of benzene rings is 3. The standard InChI is InChI=1S/C33H31N7S2/c1-2-3-13-29-34-28-20-27(23-9-5-4-6-10-23)30(33-41-18-19-42-33)35-32(28)40(29)21-22-14-16-24(17-15-22)25-11-7-8-12-26(25)31-36-38-39-37-31/h4-12,14-17,20,33H,2-3,13,18-19,21H2,1H3,(H,36,37,38,39). The molecule has 9 heteroatoms. The van der Waals surface area contributed by atoms with Crippen molar-refractivity contribution in [3.05, 3.63) is 102 Å². The maximum atomic E-state index is 5.40. The molecule has 0 aliphatic carbocycles. The van der Waals surface area contributed by atoms with Crippen LogP contribution in [0.5, 0.6) is 0 Å². The first-order valence-corrected chi connectivity index (χ1v) is 16.5. The third kappa shape index (κ3) is 5.34. The molecule has 0 saturated carbocycles. The second-order valence-corrected chi connectivity index (χ2v) is 13.1. The van der Waals surface area contributed by atoms with Crippen LogP contribution in [0.1, 0.15) is 41.4 Å². The van der Waals surface area contributed by atoms with Crippen LogP contribution in [0.25, 0.3) is 44.8 Å². The second-order valence-electron chi connectivity index (χ2n) is 10.4. The Hall–Kier alpha value is -3.95. The molecule has 0 atom stereocenters. The number of aryl methyl sites for hydroxylation is 1. The number of pyridine rings is 1. The van der Waals surface area contributed by atoms with E-state index in [4.69, 9.17) is 9.97 Å². The number of H-pyrrole nitrogens is 1. The first-order valence-electron chi connectivity index (χ1n) is 14.4. The number of tetrazole rings is 1. The molecule has 1 aliphatic heterocycles. The number of nitrogens with one attached hydrogen (secondary N) is 1. The van der Waals surface area contributed by atoms with E-state index in [0.717, 1.165) is 76.7 Å². The molecule has 1 fully saturated rings. The summed E-state index contributed by atoms with van der Waals surface area (Å²) in [7, 11) is 0. The number of thioether (sulfide) groups is 2. The lowest BCUT2D eigenvalue weighted by Gasteiger charge is -2.15. The van der Waals surface area contributed by atoms with Crippen molar-refractivity contribution in [1.82, 2.24) is 35.2 Å². The van der Waals surface area contributed by atoms with Gasteiger partial charge < -0.3 is 4.57 Å². The fourth-order valence-electron chi connectivity index (χ4n) is 5.52. The molecule has 42 heavy (non-hydrogen) atoms. The van der Waals surface area contributed by atoms with E-state index in [2.05, 4.69) is 98.8 Å². The van der Waals surface area contributed by atoms with Crippen LogP contribution < -0.4 is 0 Å². The maximum absolute atomic E-state index is 5.40. The van der Waals surface area contributed by atoms with Crippen LogP contribution >= 0.6 is 23.5 Å². The molecule has 3 aromatic carbocycles. The van der Waals surface area contributed by atoms with E-state index < -0.39 is 0 Å². The molecule has 1 saturated heterocycles. The molecule has 7 nitrogen and oxygen atoms in total. The lowest BCUT2D eigenvalue weighted by Crippen LogP contribution is -2.07. The van der Waals surface area contributed by atoms with Crippen molar-refractivity contribution in [2.75, 3.05) is 11.5 Å². The van der Waals surface area contributed by atoms with Crippen LogP contribution in [0.4, 0.5) is 0 Å². The summed E-state index contributed by atoms with van der Waals surface area (Å²) in [6.07, 6.45) is 3.16. The zero-order valence-corrected chi connectivity index (χ0v) is 25.0. The highest BCUT2D eigenvalue weighted by Gasteiger charge is 2.26. The molecule has 6 aromatic rings. The SMILES string of the molecule is CCCCc1nc2cc(-c3ccccc3)c(C3SCCS3)nc2n1Cc1ccc(-c2ccccc2-c2nn[nH]n2)cc1. The van der Waals surface area contributed by atoms with Gasteiger partial charge in [-0.25, -0.2) is 9.97 Å².